The Kier molecular flexibility index (Phi) is 3.40. The van der Waals surface area contributed by atoms with Gasteiger partial charge in [-0.25, -0.2) is 0 Å². The minimum absolute atomic E-state index is 0.565. The highest BCUT2D eigenvalue weighted by Crippen LogP contribution is 2.19. The van der Waals surface area contributed by atoms with Crippen molar-refractivity contribution in [1.29, 1.82) is 0 Å². The minimum atomic E-state index is 0.565. The number of rotatable bonds is 3. The van der Waals surface area contributed by atoms with E-state index >= 15 is 0 Å². The minimum Gasteiger partial charge on any atom is -0.410 e. The molecule has 0 aliphatic carbocycles. The molecule has 0 spiro atoms. The molecule has 0 bridgehead atoms. The van der Waals surface area contributed by atoms with Crippen LogP contribution in [-0.2, 0) is 0 Å². The van der Waals surface area contributed by atoms with Crippen LogP contribution in [0.2, 0.25) is 0 Å². The maximum Gasteiger partial charge on any atom is 0.119 e. The Morgan fingerprint density at radius 3 is 2.29 bits per heavy atom. The number of nitrogens with one attached hydrogen (secondary N) is 1. The molecule has 0 aromatic heterocycles. The van der Waals surface area contributed by atoms with Crippen LogP contribution in [-0.4, -0.2) is 18.0 Å². The van der Waals surface area contributed by atoms with Gasteiger partial charge < -0.3 is 10.5 Å². The standard InChI is InChI=1S/C14H14N2O/c1-15-13-10-6-5-9-12(13)14(16-17)11-7-3-2-4-8-11/h2-10,15,17H,1H3. The molecule has 2 aromatic rings. The van der Waals surface area contributed by atoms with Crippen LogP contribution in [0.15, 0.2) is 59.8 Å². The molecule has 3 heteroatoms. The fourth-order valence-electron chi connectivity index (χ4n) is 1.77. The van der Waals surface area contributed by atoms with E-state index in [-0.39, 0.29) is 0 Å². The van der Waals surface area contributed by atoms with Crippen molar-refractivity contribution in [2.75, 3.05) is 12.4 Å². The first-order valence-corrected chi connectivity index (χ1v) is 5.41. The van der Waals surface area contributed by atoms with Gasteiger partial charge in [-0.15, -0.1) is 0 Å². The first kappa shape index (κ1) is 11.2. The van der Waals surface area contributed by atoms with Gasteiger partial charge in [0.2, 0.25) is 0 Å². The summed E-state index contributed by atoms with van der Waals surface area (Å²) in [5.41, 5.74) is 3.26. The first-order chi connectivity index (χ1) is 8.36. The lowest BCUT2D eigenvalue weighted by atomic mass is 10.0. The molecule has 0 aliphatic heterocycles. The van der Waals surface area contributed by atoms with E-state index in [1.54, 1.807) is 0 Å². The summed E-state index contributed by atoms with van der Waals surface area (Å²) in [7, 11) is 1.85. The van der Waals surface area contributed by atoms with E-state index in [1.165, 1.54) is 0 Å². The Hall–Kier alpha value is -2.29. The molecule has 0 aliphatic rings. The summed E-state index contributed by atoms with van der Waals surface area (Å²) in [4.78, 5) is 0. The molecule has 3 nitrogen and oxygen atoms in total. The molecule has 0 fully saturated rings. The van der Waals surface area contributed by atoms with Gasteiger partial charge >= 0.3 is 0 Å². The number of hydrogen-bond donors (Lipinski definition) is 2. The Morgan fingerprint density at radius 1 is 1.00 bits per heavy atom. The van der Waals surface area contributed by atoms with E-state index in [0.29, 0.717) is 5.71 Å². The first-order valence-electron chi connectivity index (χ1n) is 5.41. The van der Waals surface area contributed by atoms with Crippen LogP contribution in [0.1, 0.15) is 11.1 Å². The average molecular weight is 226 g/mol. The molecular formula is C14H14N2O. The second-order valence-corrected chi connectivity index (χ2v) is 3.61. The van der Waals surface area contributed by atoms with E-state index in [1.807, 2.05) is 61.6 Å². The second-order valence-electron chi connectivity index (χ2n) is 3.61. The van der Waals surface area contributed by atoms with Gasteiger partial charge in [0.15, 0.2) is 0 Å². The van der Waals surface area contributed by atoms with Gasteiger partial charge in [-0.3, -0.25) is 0 Å². The molecule has 0 saturated heterocycles. The quantitative estimate of drug-likeness (QED) is 0.480. The highest BCUT2D eigenvalue weighted by Gasteiger charge is 2.10. The Balaban J connectivity index is 2.51. The summed E-state index contributed by atoms with van der Waals surface area (Å²) in [6, 6.07) is 17.3. The summed E-state index contributed by atoms with van der Waals surface area (Å²) in [6.07, 6.45) is 0. The fraction of sp³-hybridized carbons (Fsp3) is 0.0714. The third kappa shape index (κ3) is 2.28. The van der Waals surface area contributed by atoms with Crippen LogP contribution >= 0.6 is 0 Å². The molecule has 0 atom stereocenters. The maximum absolute atomic E-state index is 9.21. The van der Waals surface area contributed by atoms with Crippen molar-refractivity contribution in [2.45, 2.75) is 0 Å². The zero-order chi connectivity index (χ0) is 12.1. The van der Waals surface area contributed by atoms with Crippen molar-refractivity contribution in [3.8, 4) is 0 Å². The second kappa shape index (κ2) is 5.16. The lowest BCUT2D eigenvalue weighted by molar-refractivity contribution is 0.319. The van der Waals surface area contributed by atoms with Crippen LogP contribution in [0, 0.1) is 0 Å². The van der Waals surface area contributed by atoms with Crippen molar-refractivity contribution < 1.29 is 5.21 Å². The van der Waals surface area contributed by atoms with Crippen LogP contribution in [0.3, 0.4) is 0 Å². The smallest absolute Gasteiger partial charge is 0.119 e. The van der Waals surface area contributed by atoms with Crippen molar-refractivity contribution >= 4 is 11.4 Å². The van der Waals surface area contributed by atoms with Gasteiger partial charge in [0.1, 0.15) is 5.71 Å². The third-order valence-electron chi connectivity index (χ3n) is 2.60. The van der Waals surface area contributed by atoms with E-state index in [0.717, 1.165) is 16.8 Å². The summed E-state index contributed by atoms with van der Waals surface area (Å²) in [6.45, 7) is 0. The lowest BCUT2D eigenvalue weighted by Gasteiger charge is -2.10. The molecule has 0 amide bonds. The van der Waals surface area contributed by atoms with Gasteiger partial charge in [0.25, 0.3) is 0 Å². The van der Waals surface area contributed by atoms with E-state index < -0.39 is 0 Å². The largest absolute Gasteiger partial charge is 0.410 e. The molecule has 0 unspecified atom stereocenters. The van der Waals surface area contributed by atoms with Gasteiger partial charge in [0, 0.05) is 23.9 Å². The van der Waals surface area contributed by atoms with Crippen molar-refractivity contribution in [1.82, 2.24) is 0 Å². The molecule has 0 saturated carbocycles. The van der Waals surface area contributed by atoms with Crippen molar-refractivity contribution in [3.05, 3.63) is 65.7 Å². The fourth-order valence-corrected chi connectivity index (χ4v) is 1.77. The zero-order valence-electron chi connectivity index (χ0n) is 9.59. The third-order valence-corrected chi connectivity index (χ3v) is 2.60. The molecule has 0 radical (unpaired) electrons. The Morgan fingerprint density at radius 2 is 1.65 bits per heavy atom. The summed E-state index contributed by atoms with van der Waals surface area (Å²) < 4.78 is 0. The Bertz CT molecular complexity index is 521. The van der Waals surface area contributed by atoms with Crippen LogP contribution in [0.4, 0.5) is 5.69 Å². The number of oxime groups is 1. The van der Waals surface area contributed by atoms with Gasteiger partial charge in [-0.2, -0.15) is 0 Å². The van der Waals surface area contributed by atoms with Crippen LogP contribution in [0.25, 0.3) is 0 Å². The molecule has 86 valence electrons. The molecule has 2 rings (SSSR count). The molecule has 2 aromatic carbocycles. The zero-order valence-corrected chi connectivity index (χ0v) is 9.59. The number of anilines is 1. The molecule has 17 heavy (non-hydrogen) atoms. The molecular weight excluding hydrogens is 212 g/mol. The monoisotopic (exact) mass is 226 g/mol. The normalized spacial score (nSPS) is 11.2. The average Bonchev–Trinajstić information content (AvgIpc) is 2.41. The van der Waals surface area contributed by atoms with Gasteiger partial charge in [0.05, 0.1) is 0 Å². The number of nitrogens with zero attached hydrogens (tertiary/aromatic N) is 1. The van der Waals surface area contributed by atoms with Gasteiger partial charge in [-0.1, -0.05) is 53.7 Å². The predicted molar refractivity (Wildman–Crippen MR) is 69.9 cm³/mol. The van der Waals surface area contributed by atoms with Crippen molar-refractivity contribution in [2.24, 2.45) is 5.16 Å². The predicted octanol–water partition coefficient (Wildman–Crippen LogP) is 2.95. The van der Waals surface area contributed by atoms with E-state index in [2.05, 4.69) is 10.5 Å². The SMILES string of the molecule is CNc1ccccc1C(=NO)c1ccccc1. The summed E-state index contributed by atoms with van der Waals surface area (Å²) in [5.74, 6) is 0. The molecule has 0 heterocycles. The Labute approximate surface area is 100 Å². The summed E-state index contributed by atoms with van der Waals surface area (Å²) in [5, 5.41) is 15.7. The highest BCUT2D eigenvalue weighted by molar-refractivity contribution is 6.15. The van der Waals surface area contributed by atoms with E-state index in [9.17, 15) is 5.21 Å². The molecule has 2 N–H and O–H groups in total. The van der Waals surface area contributed by atoms with Crippen molar-refractivity contribution in [3.63, 3.8) is 0 Å². The lowest BCUT2D eigenvalue weighted by Crippen LogP contribution is -2.06. The highest BCUT2D eigenvalue weighted by atomic mass is 16.4. The van der Waals surface area contributed by atoms with Crippen LogP contribution < -0.4 is 5.32 Å². The maximum atomic E-state index is 9.21. The van der Waals surface area contributed by atoms with E-state index in [4.69, 9.17) is 0 Å². The number of para-hydroxylation sites is 1. The van der Waals surface area contributed by atoms with Crippen LogP contribution in [0.5, 0.6) is 0 Å². The summed E-state index contributed by atoms with van der Waals surface area (Å²) >= 11 is 0. The number of hydrogen-bond acceptors (Lipinski definition) is 3. The topological polar surface area (TPSA) is 44.6 Å². The van der Waals surface area contributed by atoms with Gasteiger partial charge in [-0.05, 0) is 6.07 Å². The number of benzene rings is 2.